The van der Waals surface area contributed by atoms with Gasteiger partial charge in [-0.25, -0.2) is 4.68 Å². The van der Waals surface area contributed by atoms with Crippen molar-refractivity contribution in [1.29, 1.82) is 0 Å². The number of nitrogens with one attached hydrogen (secondary N) is 1. The van der Waals surface area contributed by atoms with Crippen LogP contribution in [0.3, 0.4) is 0 Å². The minimum absolute atomic E-state index is 0.243. The lowest BCUT2D eigenvalue weighted by atomic mass is 10.1. The second-order valence-electron chi connectivity index (χ2n) is 6.47. The molecule has 2 heterocycles. The quantitative estimate of drug-likeness (QED) is 0.874. The van der Waals surface area contributed by atoms with Crippen LogP contribution in [-0.2, 0) is 10.3 Å². The fraction of sp³-hybridized carbons (Fsp3) is 0.571. The highest BCUT2D eigenvalue weighted by Crippen LogP contribution is 2.19. The number of carbonyl (C=O) groups is 1. The summed E-state index contributed by atoms with van der Waals surface area (Å²) in [5, 5.41) is 13.6. The molecule has 2 rings (SSSR count). The van der Waals surface area contributed by atoms with E-state index in [0.29, 0.717) is 17.0 Å². The molecule has 1 unspecified atom stereocenters. The van der Waals surface area contributed by atoms with Crippen molar-refractivity contribution in [2.75, 3.05) is 18.5 Å². The van der Waals surface area contributed by atoms with Crippen LogP contribution in [0.1, 0.15) is 27.7 Å². The van der Waals surface area contributed by atoms with Gasteiger partial charge in [-0.15, -0.1) is 0 Å². The van der Waals surface area contributed by atoms with Gasteiger partial charge in [-0.1, -0.05) is 6.92 Å². The second-order valence-corrected chi connectivity index (χ2v) is 6.47. The Hall–Kier alpha value is -2.38. The van der Waals surface area contributed by atoms with E-state index < -0.39 is 11.9 Å². The first kappa shape index (κ1) is 16.0. The average Bonchev–Trinajstić information content (AvgIpc) is 2.82. The van der Waals surface area contributed by atoms with Crippen molar-refractivity contribution >= 4 is 23.0 Å². The van der Waals surface area contributed by atoms with Gasteiger partial charge in [-0.3, -0.25) is 14.6 Å². The molecular weight excluding hydrogens is 286 g/mol. The highest BCUT2D eigenvalue weighted by molar-refractivity contribution is 5.75. The SMILES string of the molecule is CC(CN(C)c1nc2c(cnn2C(C)(C)C)c(=O)[nH]1)C(=O)O. The number of rotatable bonds is 4. The number of carboxylic acids is 1. The van der Waals surface area contributed by atoms with Gasteiger partial charge in [0.15, 0.2) is 5.65 Å². The van der Waals surface area contributed by atoms with Crippen LogP contribution < -0.4 is 10.5 Å². The Morgan fingerprint density at radius 1 is 1.50 bits per heavy atom. The summed E-state index contributed by atoms with van der Waals surface area (Å²) in [6, 6.07) is 0. The van der Waals surface area contributed by atoms with Crippen LogP contribution in [0.25, 0.3) is 11.0 Å². The van der Waals surface area contributed by atoms with E-state index in [4.69, 9.17) is 5.11 Å². The van der Waals surface area contributed by atoms with E-state index in [-0.39, 0.29) is 17.6 Å². The van der Waals surface area contributed by atoms with Crippen molar-refractivity contribution in [3.8, 4) is 0 Å². The molecule has 0 radical (unpaired) electrons. The number of fused-ring (bicyclic) bond motifs is 1. The highest BCUT2D eigenvalue weighted by Gasteiger charge is 2.21. The molecule has 0 saturated heterocycles. The maximum absolute atomic E-state index is 12.2. The summed E-state index contributed by atoms with van der Waals surface area (Å²) in [4.78, 5) is 31.9. The maximum Gasteiger partial charge on any atom is 0.308 e. The number of aromatic nitrogens is 4. The van der Waals surface area contributed by atoms with Crippen molar-refractivity contribution in [3.63, 3.8) is 0 Å². The Labute approximate surface area is 127 Å². The Kier molecular flexibility index (Phi) is 3.95. The fourth-order valence-electron chi connectivity index (χ4n) is 2.15. The molecule has 0 bridgehead atoms. The van der Waals surface area contributed by atoms with Gasteiger partial charge in [0.2, 0.25) is 5.95 Å². The number of hydrogen-bond acceptors (Lipinski definition) is 5. The van der Waals surface area contributed by atoms with Crippen molar-refractivity contribution in [2.45, 2.75) is 33.2 Å². The molecule has 8 heteroatoms. The lowest BCUT2D eigenvalue weighted by Gasteiger charge is -2.22. The minimum Gasteiger partial charge on any atom is -0.481 e. The summed E-state index contributed by atoms with van der Waals surface area (Å²) in [7, 11) is 1.70. The predicted octanol–water partition coefficient (Wildman–Crippen LogP) is 1.03. The Morgan fingerprint density at radius 3 is 2.68 bits per heavy atom. The molecule has 1 atom stereocenters. The zero-order chi connectivity index (χ0) is 16.7. The molecule has 2 aromatic heterocycles. The smallest absolute Gasteiger partial charge is 0.308 e. The molecule has 120 valence electrons. The summed E-state index contributed by atoms with van der Waals surface area (Å²) in [5.41, 5.74) is -0.112. The van der Waals surface area contributed by atoms with Crippen LogP contribution in [0.2, 0.25) is 0 Å². The third-order valence-electron chi connectivity index (χ3n) is 3.39. The molecular formula is C14H21N5O3. The Morgan fingerprint density at radius 2 is 2.14 bits per heavy atom. The van der Waals surface area contributed by atoms with Gasteiger partial charge in [0.25, 0.3) is 5.56 Å². The largest absolute Gasteiger partial charge is 0.481 e. The highest BCUT2D eigenvalue weighted by atomic mass is 16.4. The lowest BCUT2D eigenvalue weighted by molar-refractivity contribution is -0.140. The summed E-state index contributed by atoms with van der Waals surface area (Å²) in [5.74, 6) is -1.13. The number of carboxylic acid groups (broad SMARTS) is 1. The standard InChI is InChI=1S/C14H21N5O3/c1-8(12(21)22)7-18(5)13-16-10-9(11(20)17-13)6-15-19(10)14(2,3)4/h6,8H,7H2,1-5H3,(H,21,22)(H,16,17,20). The number of nitrogens with zero attached hydrogens (tertiary/aromatic N) is 4. The first-order valence-electron chi connectivity index (χ1n) is 7.03. The number of aromatic amines is 1. The van der Waals surface area contributed by atoms with E-state index in [9.17, 15) is 9.59 Å². The fourth-order valence-corrected chi connectivity index (χ4v) is 2.15. The number of H-pyrrole nitrogens is 1. The summed E-state index contributed by atoms with van der Waals surface area (Å²) in [6.45, 7) is 7.76. The summed E-state index contributed by atoms with van der Waals surface area (Å²) >= 11 is 0. The van der Waals surface area contributed by atoms with Gasteiger partial charge >= 0.3 is 5.97 Å². The van der Waals surface area contributed by atoms with Gasteiger partial charge in [-0.05, 0) is 20.8 Å². The van der Waals surface area contributed by atoms with Gasteiger partial charge in [0.05, 0.1) is 17.7 Å². The molecule has 2 aromatic rings. The molecule has 0 aromatic carbocycles. The van der Waals surface area contributed by atoms with Crippen molar-refractivity contribution in [2.24, 2.45) is 5.92 Å². The zero-order valence-corrected chi connectivity index (χ0v) is 13.4. The van der Waals surface area contributed by atoms with Crippen LogP contribution in [-0.4, -0.2) is 44.4 Å². The monoisotopic (exact) mass is 307 g/mol. The van der Waals surface area contributed by atoms with Crippen molar-refractivity contribution < 1.29 is 9.90 Å². The van der Waals surface area contributed by atoms with E-state index >= 15 is 0 Å². The zero-order valence-electron chi connectivity index (χ0n) is 13.4. The summed E-state index contributed by atoms with van der Waals surface area (Å²) in [6.07, 6.45) is 1.50. The number of hydrogen-bond donors (Lipinski definition) is 2. The molecule has 8 nitrogen and oxygen atoms in total. The van der Waals surface area contributed by atoms with Gasteiger partial charge in [0, 0.05) is 13.6 Å². The molecule has 0 amide bonds. The average molecular weight is 307 g/mol. The molecule has 0 aliphatic rings. The summed E-state index contributed by atoms with van der Waals surface area (Å²) < 4.78 is 1.69. The second kappa shape index (κ2) is 5.43. The van der Waals surface area contributed by atoms with Gasteiger partial charge < -0.3 is 10.0 Å². The molecule has 0 fully saturated rings. The predicted molar refractivity (Wildman–Crippen MR) is 83.2 cm³/mol. The Balaban J connectivity index is 2.48. The van der Waals surface area contributed by atoms with E-state index in [0.717, 1.165) is 0 Å². The van der Waals surface area contributed by atoms with Crippen LogP contribution >= 0.6 is 0 Å². The van der Waals surface area contributed by atoms with Crippen molar-refractivity contribution in [1.82, 2.24) is 19.7 Å². The third-order valence-corrected chi connectivity index (χ3v) is 3.39. The molecule has 22 heavy (non-hydrogen) atoms. The Bertz CT molecular complexity index is 756. The molecule has 0 saturated carbocycles. The first-order chi connectivity index (χ1) is 10.1. The normalized spacial score (nSPS) is 13.3. The van der Waals surface area contributed by atoms with E-state index in [1.807, 2.05) is 20.8 Å². The lowest BCUT2D eigenvalue weighted by Crippen LogP contribution is -2.31. The number of aliphatic carboxylic acids is 1. The van der Waals surface area contributed by atoms with Gasteiger partial charge in [0.1, 0.15) is 5.39 Å². The van der Waals surface area contributed by atoms with Crippen molar-refractivity contribution in [3.05, 3.63) is 16.6 Å². The van der Waals surface area contributed by atoms with E-state index in [2.05, 4.69) is 15.1 Å². The minimum atomic E-state index is -0.894. The van der Waals surface area contributed by atoms with Crippen LogP contribution in [0, 0.1) is 5.92 Å². The molecule has 0 aliphatic carbocycles. The van der Waals surface area contributed by atoms with Gasteiger partial charge in [-0.2, -0.15) is 10.1 Å². The van der Waals surface area contributed by atoms with E-state index in [1.54, 1.807) is 23.6 Å². The molecule has 0 spiro atoms. The molecule has 2 N–H and O–H groups in total. The maximum atomic E-state index is 12.2. The van der Waals surface area contributed by atoms with Crippen LogP contribution in [0.4, 0.5) is 5.95 Å². The van der Waals surface area contributed by atoms with Crippen LogP contribution in [0.15, 0.2) is 11.0 Å². The topological polar surface area (TPSA) is 104 Å². The number of anilines is 1. The third kappa shape index (κ3) is 2.95. The van der Waals surface area contributed by atoms with E-state index in [1.165, 1.54) is 6.20 Å². The molecule has 0 aliphatic heterocycles. The van der Waals surface area contributed by atoms with Crippen LogP contribution in [0.5, 0.6) is 0 Å². The first-order valence-corrected chi connectivity index (χ1v) is 7.03.